The maximum absolute atomic E-state index is 12.9. The molecule has 0 saturated carbocycles. The molecule has 9 nitrogen and oxygen atoms in total. The molecule has 3 heterocycles. The van der Waals surface area contributed by atoms with Crippen molar-refractivity contribution in [3.05, 3.63) is 34.2 Å². The Hall–Kier alpha value is -2.89. The van der Waals surface area contributed by atoms with Crippen molar-refractivity contribution >= 4 is 17.7 Å². The first kappa shape index (κ1) is 21.8. The lowest BCUT2D eigenvalue weighted by Crippen LogP contribution is -2.56. The number of hydrogen-bond donors (Lipinski definition) is 0. The highest BCUT2D eigenvalue weighted by molar-refractivity contribution is 6.34. The number of morpholine rings is 1. The van der Waals surface area contributed by atoms with Crippen molar-refractivity contribution in [3.8, 4) is 0 Å². The molecule has 164 valence electrons. The van der Waals surface area contributed by atoms with E-state index in [1.807, 2.05) is 0 Å². The molecule has 2 aliphatic rings. The Labute approximate surface area is 169 Å². The van der Waals surface area contributed by atoms with Crippen LogP contribution < -0.4 is 5.56 Å². The van der Waals surface area contributed by atoms with Crippen molar-refractivity contribution in [2.24, 2.45) is 0 Å². The molecule has 3 rings (SSSR count). The Morgan fingerprint density at radius 2 is 1.43 bits per heavy atom. The number of carbonyl (C=O) groups excluding carboxylic acids is 3. The monoisotopic (exact) mass is 430 g/mol. The predicted molar refractivity (Wildman–Crippen MR) is 96.3 cm³/mol. The number of hydrogen-bond acceptors (Lipinski definition) is 5. The highest BCUT2D eigenvalue weighted by Gasteiger charge is 2.35. The van der Waals surface area contributed by atoms with E-state index in [1.165, 1.54) is 14.7 Å². The quantitative estimate of drug-likeness (QED) is 0.585. The van der Waals surface area contributed by atoms with Gasteiger partial charge in [0.05, 0.1) is 13.2 Å². The third-order valence-electron chi connectivity index (χ3n) is 5.03. The van der Waals surface area contributed by atoms with Crippen LogP contribution in [-0.2, 0) is 31.8 Å². The minimum absolute atomic E-state index is 0.120. The zero-order chi connectivity index (χ0) is 21.9. The number of ether oxygens (including phenoxy) is 1. The van der Waals surface area contributed by atoms with Gasteiger partial charge in [-0.15, -0.1) is 0 Å². The van der Waals surface area contributed by atoms with E-state index in [1.54, 1.807) is 0 Å². The Bertz CT molecular complexity index is 871. The summed E-state index contributed by atoms with van der Waals surface area (Å²) in [6.07, 6.45) is -3.68. The summed E-state index contributed by atoms with van der Waals surface area (Å²) in [4.78, 5) is 53.2. The van der Waals surface area contributed by atoms with Gasteiger partial charge in [0.25, 0.3) is 5.56 Å². The Kier molecular flexibility index (Phi) is 6.44. The van der Waals surface area contributed by atoms with Crippen molar-refractivity contribution in [1.82, 2.24) is 19.3 Å². The summed E-state index contributed by atoms with van der Waals surface area (Å²) in [6, 6.07) is 1.73. The van der Waals surface area contributed by atoms with Crippen molar-refractivity contribution < 1.29 is 32.3 Å². The van der Waals surface area contributed by atoms with Gasteiger partial charge >= 0.3 is 18.0 Å². The minimum atomic E-state index is -4.80. The molecular formula is C18H21F3N4O5. The summed E-state index contributed by atoms with van der Waals surface area (Å²) in [5.41, 5.74) is -2.63. The second kappa shape index (κ2) is 8.86. The van der Waals surface area contributed by atoms with Gasteiger partial charge < -0.3 is 24.0 Å². The van der Waals surface area contributed by atoms with Crippen molar-refractivity contribution in [2.45, 2.75) is 12.7 Å². The topological polar surface area (TPSA) is 92.2 Å². The second-order valence-corrected chi connectivity index (χ2v) is 6.93. The number of nitrogens with zero attached hydrogens (tertiary/aromatic N) is 4. The molecule has 0 aliphatic carbocycles. The number of carbonyl (C=O) groups is 3. The average Bonchev–Trinajstić information content (AvgIpc) is 2.74. The highest BCUT2D eigenvalue weighted by Crippen LogP contribution is 2.26. The number of pyridine rings is 1. The number of amides is 3. The molecule has 0 spiro atoms. The van der Waals surface area contributed by atoms with Crippen LogP contribution in [-0.4, -0.2) is 89.5 Å². The molecule has 0 bridgehead atoms. The van der Waals surface area contributed by atoms with E-state index in [0.717, 1.165) is 12.3 Å². The lowest BCUT2D eigenvalue weighted by Gasteiger charge is -2.36. The molecule has 1 aromatic rings. The second-order valence-electron chi connectivity index (χ2n) is 6.93. The van der Waals surface area contributed by atoms with Crippen LogP contribution in [0.3, 0.4) is 0 Å². The minimum Gasteiger partial charge on any atom is -0.378 e. The summed E-state index contributed by atoms with van der Waals surface area (Å²) in [6.45, 7) is 1.37. The van der Waals surface area contributed by atoms with Crippen LogP contribution in [0.1, 0.15) is 5.56 Å². The van der Waals surface area contributed by atoms with Crippen LogP contribution in [0.4, 0.5) is 13.2 Å². The smallest absolute Gasteiger partial charge is 0.378 e. The van der Waals surface area contributed by atoms with Crippen LogP contribution >= 0.6 is 0 Å². The number of piperazine rings is 1. The van der Waals surface area contributed by atoms with Gasteiger partial charge in [-0.2, -0.15) is 13.2 Å². The lowest BCUT2D eigenvalue weighted by molar-refractivity contribution is -0.155. The summed E-state index contributed by atoms with van der Waals surface area (Å²) < 4.78 is 44.4. The highest BCUT2D eigenvalue weighted by atomic mass is 19.4. The van der Waals surface area contributed by atoms with Gasteiger partial charge in [0, 0.05) is 45.5 Å². The van der Waals surface area contributed by atoms with Crippen molar-refractivity contribution in [1.29, 1.82) is 0 Å². The molecule has 0 aromatic carbocycles. The van der Waals surface area contributed by atoms with Gasteiger partial charge in [0.1, 0.15) is 12.1 Å². The Morgan fingerprint density at radius 3 is 2.00 bits per heavy atom. The fourth-order valence-electron chi connectivity index (χ4n) is 3.32. The number of rotatable bonds is 2. The van der Waals surface area contributed by atoms with Crippen LogP contribution in [0.15, 0.2) is 23.1 Å². The summed E-state index contributed by atoms with van der Waals surface area (Å²) in [7, 11) is 0. The normalized spacial score (nSPS) is 17.8. The third-order valence-corrected chi connectivity index (χ3v) is 5.03. The largest absolute Gasteiger partial charge is 0.421 e. The number of alkyl halides is 3. The molecule has 12 heteroatoms. The van der Waals surface area contributed by atoms with E-state index in [2.05, 4.69) is 0 Å². The van der Waals surface area contributed by atoms with Gasteiger partial charge in [-0.05, 0) is 12.1 Å². The zero-order valence-corrected chi connectivity index (χ0v) is 16.1. The fraction of sp³-hybridized carbons (Fsp3) is 0.556. The molecule has 0 atom stereocenters. The van der Waals surface area contributed by atoms with E-state index in [9.17, 15) is 32.3 Å². The number of halogens is 3. The van der Waals surface area contributed by atoms with E-state index < -0.39 is 41.6 Å². The molecule has 30 heavy (non-hydrogen) atoms. The SMILES string of the molecule is O=C(Cn1cccc(C(F)(F)F)c1=O)N1CCN(C(=O)C(=O)N2CCOCC2)CC1. The fourth-order valence-corrected chi connectivity index (χ4v) is 3.32. The summed E-state index contributed by atoms with van der Waals surface area (Å²) in [5, 5.41) is 0. The first-order chi connectivity index (χ1) is 14.2. The van der Waals surface area contributed by atoms with Gasteiger partial charge in [-0.3, -0.25) is 19.2 Å². The van der Waals surface area contributed by atoms with Crippen LogP contribution in [0.2, 0.25) is 0 Å². The van der Waals surface area contributed by atoms with Gasteiger partial charge in [0.15, 0.2) is 0 Å². The van der Waals surface area contributed by atoms with E-state index in [0.29, 0.717) is 36.9 Å². The summed E-state index contributed by atoms with van der Waals surface area (Å²) in [5.74, 6) is -1.81. The summed E-state index contributed by atoms with van der Waals surface area (Å²) >= 11 is 0. The predicted octanol–water partition coefficient (Wildman–Crippen LogP) is -0.603. The molecule has 2 saturated heterocycles. The Balaban J connectivity index is 1.56. The average molecular weight is 430 g/mol. The van der Waals surface area contributed by atoms with Gasteiger partial charge in [-0.1, -0.05) is 0 Å². The van der Waals surface area contributed by atoms with Crippen LogP contribution in [0, 0.1) is 0 Å². The maximum atomic E-state index is 12.9. The van der Waals surface area contributed by atoms with E-state index in [4.69, 9.17) is 4.74 Å². The molecule has 0 unspecified atom stereocenters. The van der Waals surface area contributed by atoms with Crippen LogP contribution in [0.25, 0.3) is 0 Å². The Morgan fingerprint density at radius 1 is 0.900 bits per heavy atom. The molecule has 1 aromatic heterocycles. The maximum Gasteiger partial charge on any atom is 0.421 e. The molecule has 2 fully saturated rings. The van der Waals surface area contributed by atoms with Crippen LogP contribution in [0.5, 0.6) is 0 Å². The van der Waals surface area contributed by atoms with Gasteiger partial charge in [0.2, 0.25) is 5.91 Å². The van der Waals surface area contributed by atoms with Crippen molar-refractivity contribution in [3.63, 3.8) is 0 Å². The van der Waals surface area contributed by atoms with Crippen molar-refractivity contribution in [2.75, 3.05) is 52.5 Å². The van der Waals surface area contributed by atoms with E-state index >= 15 is 0 Å². The number of aromatic nitrogens is 1. The zero-order valence-electron chi connectivity index (χ0n) is 16.1. The standard InChI is InChI=1S/C18H21F3N4O5/c19-18(20,21)13-2-1-3-25(15(13)27)12-14(26)22-4-6-23(7-5-22)16(28)17(29)24-8-10-30-11-9-24/h1-3H,4-12H2. The lowest BCUT2D eigenvalue weighted by atomic mass is 10.2. The molecular weight excluding hydrogens is 409 g/mol. The molecule has 3 amide bonds. The molecule has 0 radical (unpaired) electrons. The first-order valence-corrected chi connectivity index (χ1v) is 9.39. The third kappa shape index (κ3) is 4.81. The molecule has 2 aliphatic heterocycles. The van der Waals surface area contributed by atoms with Gasteiger partial charge in [-0.25, -0.2) is 0 Å². The molecule has 0 N–H and O–H groups in total. The van der Waals surface area contributed by atoms with E-state index in [-0.39, 0.29) is 26.2 Å². The first-order valence-electron chi connectivity index (χ1n) is 9.39.